The monoisotopic (exact) mass is 429 g/mol. The number of imide groups is 1. The molecule has 0 aromatic heterocycles. The summed E-state index contributed by atoms with van der Waals surface area (Å²) < 4.78 is 9.98. The number of para-hydroxylation sites is 1. The first-order valence-corrected chi connectivity index (χ1v) is 9.83. The zero-order chi connectivity index (χ0) is 22.8. The Hall–Kier alpha value is -4.26. The van der Waals surface area contributed by atoms with E-state index in [1.165, 1.54) is 25.3 Å². The molecule has 0 bridgehead atoms. The minimum Gasteiger partial charge on any atom is -0.465 e. The molecule has 0 fully saturated rings. The number of fused-ring (bicyclic) bond motifs is 1. The average molecular weight is 429 g/mol. The number of nitrogens with zero attached hydrogens (tertiary/aromatic N) is 1. The fourth-order valence-corrected chi connectivity index (χ4v) is 3.49. The standard InChI is InChI=1S/C25H19NO6/c1-15-5-3-4-6-21(15)26-22(27)19-12-11-18(13-20(19)23(26)28)25(30)32-14-16-7-9-17(10-8-16)24(29)31-2/h3-13H,14H2,1-2H3. The second-order valence-corrected chi connectivity index (χ2v) is 7.26. The maximum atomic E-state index is 12.9. The number of hydrogen-bond donors (Lipinski definition) is 0. The summed E-state index contributed by atoms with van der Waals surface area (Å²) >= 11 is 0. The van der Waals surface area contributed by atoms with Crippen molar-refractivity contribution in [3.05, 3.63) is 100 Å². The summed E-state index contributed by atoms with van der Waals surface area (Å²) in [7, 11) is 1.30. The van der Waals surface area contributed by atoms with Gasteiger partial charge >= 0.3 is 11.9 Å². The van der Waals surface area contributed by atoms with Gasteiger partial charge in [0.25, 0.3) is 11.8 Å². The van der Waals surface area contributed by atoms with Crippen LogP contribution in [0.3, 0.4) is 0 Å². The second-order valence-electron chi connectivity index (χ2n) is 7.26. The van der Waals surface area contributed by atoms with E-state index < -0.39 is 23.8 Å². The fraction of sp³-hybridized carbons (Fsp3) is 0.120. The first-order chi connectivity index (χ1) is 15.4. The Bertz CT molecular complexity index is 1250. The van der Waals surface area contributed by atoms with E-state index in [1.54, 1.807) is 36.4 Å². The van der Waals surface area contributed by atoms with Gasteiger partial charge in [-0.2, -0.15) is 0 Å². The molecule has 160 valence electrons. The lowest BCUT2D eigenvalue weighted by Crippen LogP contribution is -2.29. The van der Waals surface area contributed by atoms with Crippen LogP contribution in [-0.4, -0.2) is 30.9 Å². The van der Waals surface area contributed by atoms with E-state index in [-0.39, 0.29) is 23.3 Å². The fourth-order valence-electron chi connectivity index (χ4n) is 3.49. The van der Waals surface area contributed by atoms with Crippen LogP contribution in [0.5, 0.6) is 0 Å². The number of carbonyl (C=O) groups is 4. The molecule has 0 N–H and O–H groups in total. The summed E-state index contributed by atoms with van der Waals surface area (Å²) in [5, 5.41) is 0. The lowest BCUT2D eigenvalue weighted by molar-refractivity contribution is 0.0471. The SMILES string of the molecule is COC(=O)c1ccc(COC(=O)c2ccc3c(c2)C(=O)N(c2ccccc2C)C3=O)cc1. The van der Waals surface area contributed by atoms with E-state index >= 15 is 0 Å². The molecule has 0 unspecified atom stereocenters. The van der Waals surface area contributed by atoms with Crippen LogP contribution in [0.2, 0.25) is 0 Å². The number of rotatable bonds is 5. The van der Waals surface area contributed by atoms with E-state index in [1.807, 2.05) is 19.1 Å². The van der Waals surface area contributed by atoms with E-state index in [0.29, 0.717) is 16.8 Å². The van der Waals surface area contributed by atoms with Crippen LogP contribution in [0.15, 0.2) is 66.7 Å². The number of benzene rings is 3. The predicted octanol–water partition coefficient (Wildman–Crippen LogP) is 3.94. The van der Waals surface area contributed by atoms with Crippen molar-refractivity contribution in [1.29, 1.82) is 0 Å². The second kappa shape index (κ2) is 8.47. The minimum absolute atomic E-state index is 0.0143. The summed E-state index contributed by atoms with van der Waals surface area (Å²) in [6, 6.07) is 17.9. The van der Waals surface area contributed by atoms with Crippen molar-refractivity contribution in [2.45, 2.75) is 13.5 Å². The number of anilines is 1. The molecule has 0 radical (unpaired) electrons. The summed E-state index contributed by atoms with van der Waals surface area (Å²) in [5.74, 6) is -1.98. The number of aryl methyl sites for hydroxylation is 1. The third-order valence-corrected chi connectivity index (χ3v) is 5.22. The molecule has 0 aliphatic carbocycles. The van der Waals surface area contributed by atoms with Crippen LogP contribution in [-0.2, 0) is 16.1 Å². The molecule has 0 spiro atoms. The Kier molecular flexibility index (Phi) is 5.55. The number of hydrogen-bond acceptors (Lipinski definition) is 6. The maximum Gasteiger partial charge on any atom is 0.338 e. The lowest BCUT2D eigenvalue weighted by atomic mass is 10.1. The van der Waals surface area contributed by atoms with Crippen molar-refractivity contribution in [1.82, 2.24) is 0 Å². The largest absolute Gasteiger partial charge is 0.465 e. The van der Waals surface area contributed by atoms with Gasteiger partial charge in [-0.05, 0) is 54.4 Å². The molecule has 3 aromatic rings. The highest BCUT2D eigenvalue weighted by Crippen LogP contribution is 2.31. The molecule has 7 nitrogen and oxygen atoms in total. The van der Waals surface area contributed by atoms with Crippen LogP contribution in [0.1, 0.15) is 52.6 Å². The van der Waals surface area contributed by atoms with Gasteiger partial charge in [0, 0.05) is 0 Å². The van der Waals surface area contributed by atoms with Crippen molar-refractivity contribution < 1.29 is 28.7 Å². The predicted molar refractivity (Wildman–Crippen MR) is 116 cm³/mol. The molecule has 0 saturated carbocycles. The highest BCUT2D eigenvalue weighted by atomic mass is 16.5. The molecule has 1 heterocycles. The van der Waals surface area contributed by atoms with Gasteiger partial charge in [-0.25, -0.2) is 14.5 Å². The Morgan fingerprint density at radius 1 is 0.812 bits per heavy atom. The van der Waals surface area contributed by atoms with Crippen LogP contribution < -0.4 is 4.90 Å². The summed E-state index contributed by atoms with van der Waals surface area (Å²) in [5.41, 5.74) is 2.95. The van der Waals surface area contributed by atoms with Crippen LogP contribution in [0.4, 0.5) is 5.69 Å². The summed E-state index contributed by atoms with van der Waals surface area (Å²) in [6.45, 7) is 1.80. The smallest absolute Gasteiger partial charge is 0.338 e. The zero-order valence-corrected chi connectivity index (χ0v) is 17.5. The molecule has 4 rings (SSSR count). The van der Waals surface area contributed by atoms with Crippen molar-refractivity contribution in [2.24, 2.45) is 0 Å². The van der Waals surface area contributed by atoms with Crippen LogP contribution in [0.25, 0.3) is 0 Å². The number of amides is 2. The molecule has 0 saturated heterocycles. The van der Waals surface area contributed by atoms with Crippen molar-refractivity contribution >= 4 is 29.4 Å². The molecule has 1 aliphatic rings. The van der Waals surface area contributed by atoms with Gasteiger partial charge < -0.3 is 9.47 Å². The van der Waals surface area contributed by atoms with Gasteiger partial charge in [0.05, 0.1) is 35.1 Å². The molecule has 3 aromatic carbocycles. The van der Waals surface area contributed by atoms with Crippen LogP contribution >= 0.6 is 0 Å². The minimum atomic E-state index is -0.626. The van der Waals surface area contributed by atoms with Gasteiger partial charge in [0.15, 0.2) is 0 Å². The highest BCUT2D eigenvalue weighted by Gasteiger charge is 2.37. The van der Waals surface area contributed by atoms with Gasteiger partial charge in [-0.3, -0.25) is 9.59 Å². The van der Waals surface area contributed by atoms with Gasteiger partial charge in [0.2, 0.25) is 0 Å². The van der Waals surface area contributed by atoms with Crippen molar-refractivity contribution in [3.63, 3.8) is 0 Å². The number of ether oxygens (including phenoxy) is 2. The Balaban J connectivity index is 1.50. The van der Waals surface area contributed by atoms with E-state index in [9.17, 15) is 19.2 Å². The molecular weight excluding hydrogens is 410 g/mol. The van der Waals surface area contributed by atoms with E-state index in [2.05, 4.69) is 4.74 Å². The number of esters is 2. The molecule has 1 aliphatic heterocycles. The van der Waals surface area contributed by atoms with Gasteiger partial charge in [-0.15, -0.1) is 0 Å². The number of carbonyl (C=O) groups excluding carboxylic acids is 4. The topological polar surface area (TPSA) is 90.0 Å². The zero-order valence-electron chi connectivity index (χ0n) is 17.5. The lowest BCUT2D eigenvalue weighted by Gasteiger charge is -2.16. The maximum absolute atomic E-state index is 12.9. The normalized spacial score (nSPS) is 12.5. The third-order valence-electron chi connectivity index (χ3n) is 5.22. The molecule has 32 heavy (non-hydrogen) atoms. The van der Waals surface area contributed by atoms with Gasteiger partial charge in [-0.1, -0.05) is 30.3 Å². The first-order valence-electron chi connectivity index (χ1n) is 9.83. The van der Waals surface area contributed by atoms with E-state index in [0.717, 1.165) is 10.5 Å². The van der Waals surface area contributed by atoms with Crippen molar-refractivity contribution in [3.8, 4) is 0 Å². The molecular formula is C25H19NO6. The Labute approximate surface area is 184 Å². The quantitative estimate of drug-likeness (QED) is 0.451. The summed E-state index contributed by atoms with van der Waals surface area (Å²) in [6.07, 6.45) is 0. The Morgan fingerprint density at radius 3 is 2.16 bits per heavy atom. The molecule has 0 atom stereocenters. The third kappa shape index (κ3) is 3.76. The average Bonchev–Trinajstić information content (AvgIpc) is 3.07. The molecule has 2 amide bonds. The molecule has 7 heteroatoms. The van der Waals surface area contributed by atoms with Crippen molar-refractivity contribution in [2.75, 3.05) is 12.0 Å². The van der Waals surface area contributed by atoms with Gasteiger partial charge in [0.1, 0.15) is 6.61 Å². The van der Waals surface area contributed by atoms with Crippen LogP contribution in [0, 0.1) is 6.92 Å². The first kappa shape index (κ1) is 21.0. The van der Waals surface area contributed by atoms with E-state index in [4.69, 9.17) is 4.74 Å². The highest BCUT2D eigenvalue weighted by molar-refractivity contribution is 6.34. The number of methoxy groups -OCH3 is 1. The summed E-state index contributed by atoms with van der Waals surface area (Å²) in [4.78, 5) is 50.9. The Morgan fingerprint density at radius 2 is 1.47 bits per heavy atom.